The molecule has 0 unspecified atom stereocenters. The first kappa shape index (κ1) is 111. The Morgan fingerprint density at radius 3 is 1.93 bits per heavy atom. The van der Waals surface area contributed by atoms with Crippen molar-refractivity contribution in [1.82, 2.24) is 52.8 Å². The van der Waals surface area contributed by atoms with Crippen LogP contribution >= 0.6 is 43.2 Å². The highest BCUT2D eigenvalue weighted by molar-refractivity contribution is 8.77. The molecular weight excluding hydrogens is 1920 g/mol. The molecule has 0 radical (unpaired) electrons. The third kappa shape index (κ3) is 27.5. The minimum absolute atomic E-state index is 0.0133. The molecule has 2 saturated heterocycles. The quantitative estimate of drug-likeness (QED) is 0.00719. The maximum atomic E-state index is 16.2. The van der Waals surface area contributed by atoms with Gasteiger partial charge in [-0.25, -0.2) is 19.2 Å². The number of amides is 9. The molecule has 16 N–H and O–H groups in total. The van der Waals surface area contributed by atoms with Gasteiger partial charge < -0.3 is 122 Å². The van der Waals surface area contributed by atoms with E-state index in [0.717, 1.165) is 32.4 Å². The van der Waals surface area contributed by atoms with Crippen LogP contribution in [-0.2, 0) is 115 Å². The average molecular weight is 2050 g/mol. The molecule has 9 amide bonds. The van der Waals surface area contributed by atoms with Gasteiger partial charge in [0.25, 0.3) is 0 Å². The Balaban J connectivity index is 0.830. The average Bonchev–Trinajstić information content (AvgIpc) is 0.694. The van der Waals surface area contributed by atoms with Crippen molar-refractivity contribution in [1.29, 1.82) is 0 Å². The number of nitrogens with two attached hydrogens (primary N) is 1. The van der Waals surface area contributed by atoms with Crippen molar-refractivity contribution in [3.63, 3.8) is 0 Å². The predicted molar refractivity (Wildman–Crippen MR) is 529 cm³/mol. The zero-order valence-corrected chi connectivity index (χ0v) is 84.5. The Bertz CT molecular complexity index is 5450. The number of methoxy groups -OCH3 is 2. The van der Waals surface area contributed by atoms with Crippen molar-refractivity contribution in [2.45, 2.75) is 247 Å². The van der Waals surface area contributed by atoms with Crippen molar-refractivity contribution < 1.29 is 130 Å². The Labute approximate surface area is 839 Å². The van der Waals surface area contributed by atoms with Gasteiger partial charge in [0.05, 0.1) is 54.5 Å². The SMILES string of the molecule is CO[C@H]1C(=O)[C@]2(C)[C@@H](OC)C[C@H]3OC[C@@]3(OC(C)=O)[C@H]2[C@H](OC(=O)c2ccccc2)[C@]2(O)C[C@H](OC(=O)[C@H](OC(=O)OCCSSCCC(=O)N[C@H](Cc3ccccc3)C(=O)N[C@H]3CSSC[C@@H](C(=O)N[C@H](CO)[C@@H](C)O)NC(=O)[C@H]([C@@H](C)O)NC(=O)[C@H](CCCCN)NC(=O)[C@@H](Cc4c[nH]c5ccccc45)NC(=O)[C@H](Cc4ccccc4)NC3=O)[C@@H](NC(=O)OC(C)(C)C)c3ccccc3)C(C)=C1C2(C)C. The number of aromatic amines is 1. The first-order chi connectivity index (χ1) is 67.6. The largest absolute Gasteiger partial charge is 0.509 e. The number of carbonyl (C=O) groups excluding carboxylic acids is 14. The molecule has 142 heavy (non-hydrogen) atoms. The third-order valence-corrected chi connectivity index (χ3v) is 31.1. The van der Waals surface area contributed by atoms with Crippen molar-refractivity contribution in [2.75, 3.05) is 63.6 Å². The van der Waals surface area contributed by atoms with Crippen LogP contribution in [0.5, 0.6) is 0 Å². The number of Topliss-reactive ketones (excluding diaryl/α,β-unsaturated/α-hetero) is 1. The van der Waals surface area contributed by atoms with Crippen LogP contribution in [0.3, 0.4) is 0 Å². The molecule has 42 heteroatoms. The van der Waals surface area contributed by atoms with Crippen LogP contribution in [0.1, 0.15) is 146 Å². The predicted octanol–water partition coefficient (Wildman–Crippen LogP) is 5.87. The fraction of sp³-hybridized carbons (Fsp3) is 0.520. The molecular formula is C100H129N11O27S4. The fourth-order valence-electron chi connectivity index (χ4n) is 18.8. The maximum Gasteiger partial charge on any atom is 0.509 e. The molecule has 4 fully saturated rings. The monoisotopic (exact) mass is 2040 g/mol. The van der Waals surface area contributed by atoms with Gasteiger partial charge in [-0.1, -0.05) is 184 Å². The van der Waals surface area contributed by atoms with Gasteiger partial charge in [-0.2, -0.15) is 0 Å². The minimum Gasteiger partial charge on any atom is -0.455 e. The van der Waals surface area contributed by atoms with E-state index in [2.05, 4.69) is 52.8 Å². The first-order valence-corrected chi connectivity index (χ1v) is 52.0. The molecule has 2 bridgehead atoms. The van der Waals surface area contributed by atoms with Crippen LogP contribution < -0.4 is 53.6 Å². The lowest BCUT2D eigenvalue weighted by atomic mass is 9.44. The fourth-order valence-corrected chi connectivity index (χ4v) is 23.0. The number of unbranched alkanes of at least 4 members (excludes halogenated alkanes) is 1. The molecule has 1 aromatic heterocycles. The number of benzene rings is 5. The van der Waals surface area contributed by atoms with Gasteiger partial charge in [0.15, 0.2) is 11.4 Å². The second kappa shape index (κ2) is 50.4. The van der Waals surface area contributed by atoms with E-state index in [1.54, 1.807) is 170 Å². The topological polar surface area (TPSA) is 553 Å². The number of para-hydroxylation sites is 1. The van der Waals surface area contributed by atoms with E-state index in [0.29, 0.717) is 34.0 Å². The van der Waals surface area contributed by atoms with Gasteiger partial charge in [-0.15, -0.1) is 0 Å². The third-order valence-electron chi connectivity index (χ3n) is 26.3. The summed E-state index contributed by atoms with van der Waals surface area (Å²) in [5, 5.41) is 71.3. The van der Waals surface area contributed by atoms with Crippen LogP contribution in [0.4, 0.5) is 9.59 Å². The number of ketones is 1. The zero-order chi connectivity index (χ0) is 103. The second-order valence-corrected chi connectivity index (χ2v) is 42.8. The van der Waals surface area contributed by atoms with E-state index >= 15 is 28.8 Å². The standard InChI is InChI=1S/C100H129N11O27S4/c1-55-73(49-100(129)84(136-92(125)62-35-23-16-24-36-62)82-98(10,83(117)80(131-12)77(55)97(100,8)9)74(130-11)48-75-99(82,54-133-75)137-58(4)115)134-93(126)81(79(61-33-21-15-22-34-61)111-94(127)138-96(5,6)7)135-95(128)132-42-44-140-139-43-40-76(116)103-67(45-59-29-17-13-18-30-59)86(119)108-71-52-141-142-53-72(90(123)107-70(51-112)56(2)113)109-91(124)78(57(3)114)110-85(118)66(39-27-28-41-101)104-88(121)69(47-63-50-102-65-38-26-25-37-64(63)65)106-87(120)68(105-89(71)122)46-60-31-19-14-20-32-60/h13-26,29-38,50,56-57,66-75,78-82,84,102,112-114,129H,27-28,39-49,51-54,101H2,1-12H3,(H,103,116)(H,104,121)(H,105,122)(H,106,120)(H,107,123)(H,108,119)(H,109,124)(H,110,118)(H,111,127)/t56-,57-,66+,67-,68+,69-,70-,71+,72+,73+,74+,75-,78+,79+,80-,81-,82+,84+,98-,99+,100-/m1/s1. The molecule has 0 spiro atoms. The molecule has 2 saturated carbocycles. The number of aromatic nitrogens is 1. The van der Waals surface area contributed by atoms with Crippen LogP contribution in [-0.4, -0.2) is 286 Å². The van der Waals surface area contributed by atoms with Crippen molar-refractivity contribution in [3.05, 3.63) is 191 Å². The number of carbonyl (C=O) groups is 14. The number of alkyl carbamates (subject to hydrolysis) is 1. The van der Waals surface area contributed by atoms with E-state index in [-0.39, 0.29) is 103 Å². The summed E-state index contributed by atoms with van der Waals surface area (Å²) in [6.07, 6.45) is -13.7. The second-order valence-electron chi connectivity index (χ2n) is 37.6. The van der Waals surface area contributed by atoms with Crippen LogP contribution in [0.25, 0.3) is 10.9 Å². The van der Waals surface area contributed by atoms with Crippen LogP contribution in [0, 0.1) is 16.7 Å². The molecule has 5 aromatic carbocycles. The highest BCUT2D eigenvalue weighted by atomic mass is 33.1. The lowest BCUT2D eigenvalue weighted by Gasteiger charge is -2.67. The molecule has 6 aromatic rings. The Kier molecular flexibility index (Phi) is 39.5. The van der Waals surface area contributed by atoms with Gasteiger partial charge in [-0.05, 0) is 126 Å². The first-order valence-electron chi connectivity index (χ1n) is 47.0. The van der Waals surface area contributed by atoms with Gasteiger partial charge in [-0.3, -0.25) is 47.9 Å². The smallest absolute Gasteiger partial charge is 0.455 e. The molecule has 3 heterocycles. The maximum absolute atomic E-state index is 16.2. The van der Waals surface area contributed by atoms with Crippen LogP contribution in [0.2, 0.25) is 0 Å². The summed E-state index contributed by atoms with van der Waals surface area (Å²) >= 11 is 0. The molecule has 770 valence electrons. The summed E-state index contributed by atoms with van der Waals surface area (Å²) in [6, 6.07) is 26.5. The molecule has 3 aliphatic carbocycles. The Morgan fingerprint density at radius 1 is 0.697 bits per heavy atom. The van der Waals surface area contributed by atoms with Gasteiger partial charge in [0.2, 0.25) is 53.4 Å². The molecule has 21 atom stereocenters. The lowest BCUT2D eigenvalue weighted by molar-refractivity contribution is -0.347. The van der Waals surface area contributed by atoms with Crippen molar-refractivity contribution >= 4 is 137 Å². The number of H-pyrrole nitrogens is 1. The van der Waals surface area contributed by atoms with Crippen molar-refractivity contribution in [2.24, 2.45) is 22.5 Å². The normalized spacial score (nSPS) is 26.3. The molecule has 2 aliphatic heterocycles. The van der Waals surface area contributed by atoms with E-state index in [1.165, 1.54) is 70.1 Å². The number of rotatable bonds is 36. The number of aliphatic hydroxyl groups is 4. The Hall–Kier alpha value is -11.2. The number of hydrogen-bond acceptors (Lipinski definition) is 32. The number of nitrogens with one attached hydrogen (secondary N) is 10. The number of hydrogen-bond donors (Lipinski definition) is 15. The van der Waals surface area contributed by atoms with E-state index < -0.39 is 240 Å². The molecule has 5 aliphatic rings. The lowest BCUT2D eigenvalue weighted by Crippen LogP contribution is -2.82. The number of ether oxygens (including phenoxy) is 9. The van der Waals surface area contributed by atoms with Crippen LogP contribution in [0.15, 0.2) is 163 Å². The highest BCUT2D eigenvalue weighted by Gasteiger charge is 2.78. The summed E-state index contributed by atoms with van der Waals surface area (Å²) in [4.78, 5) is 211. The summed E-state index contributed by atoms with van der Waals surface area (Å²) in [7, 11) is 6.85. The molecule has 11 rings (SSSR count). The summed E-state index contributed by atoms with van der Waals surface area (Å²) < 4.78 is 55.4. The van der Waals surface area contributed by atoms with Gasteiger partial charge in [0, 0.05) is 105 Å². The number of aliphatic hydroxyl groups excluding tert-OH is 3. The number of fused-ring (bicyclic) bond motifs is 6. The van der Waals surface area contributed by atoms with E-state index in [1.807, 2.05) is 6.07 Å². The van der Waals surface area contributed by atoms with E-state index in [9.17, 15) is 58.8 Å². The highest BCUT2D eigenvalue weighted by Crippen LogP contribution is 2.65. The summed E-state index contributed by atoms with van der Waals surface area (Å²) in [5.74, 6) is -12.9. The summed E-state index contributed by atoms with van der Waals surface area (Å²) in [5.41, 5.74) is 0.0332. The minimum atomic E-state index is -2.44. The van der Waals surface area contributed by atoms with Gasteiger partial charge >= 0.3 is 30.2 Å². The Morgan fingerprint density at radius 2 is 1.31 bits per heavy atom. The number of esters is 3. The molecule has 38 nitrogen and oxygen atoms in total. The summed E-state index contributed by atoms with van der Waals surface area (Å²) in [6.45, 7) is 13.7. The zero-order valence-electron chi connectivity index (χ0n) is 81.2. The van der Waals surface area contributed by atoms with Gasteiger partial charge in [0.1, 0.15) is 90.6 Å². The van der Waals surface area contributed by atoms with Crippen molar-refractivity contribution in [3.8, 4) is 0 Å². The van der Waals surface area contributed by atoms with E-state index in [4.69, 9.17) is 48.4 Å².